The van der Waals surface area contributed by atoms with Gasteiger partial charge in [-0.05, 0) is 19.1 Å². The summed E-state index contributed by atoms with van der Waals surface area (Å²) in [6.07, 6.45) is 0.213. The molecular formula is C17H17ClN4O3. The Morgan fingerprint density at radius 3 is 2.68 bits per heavy atom. The molecule has 0 saturated heterocycles. The average molecular weight is 361 g/mol. The Labute approximate surface area is 150 Å². The molecule has 0 saturated carbocycles. The van der Waals surface area contributed by atoms with Crippen LogP contribution in [-0.2, 0) is 9.53 Å². The Bertz CT molecular complexity index is 811. The highest BCUT2D eigenvalue weighted by atomic mass is 35.5. The second-order valence-electron chi connectivity index (χ2n) is 5.30. The topological polar surface area (TPSA) is 88.2 Å². The summed E-state index contributed by atoms with van der Waals surface area (Å²) in [5, 5.41) is 12.9. The first-order valence-electron chi connectivity index (χ1n) is 7.54. The van der Waals surface area contributed by atoms with Crippen LogP contribution in [0.3, 0.4) is 0 Å². The van der Waals surface area contributed by atoms with E-state index in [0.717, 1.165) is 0 Å². The fourth-order valence-electron chi connectivity index (χ4n) is 2.12. The second kappa shape index (κ2) is 8.31. The minimum atomic E-state index is -0.716. The molecule has 0 spiro atoms. The molecule has 1 heterocycles. The van der Waals surface area contributed by atoms with Crippen LogP contribution in [-0.4, -0.2) is 46.8 Å². The fourth-order valence-corrected chi connectivity index (χ4v) is 2.47. The molecule has 0 fully saturated rings. The molecule has 0 aliphatic rings. The SMILES string of the molecule is Cc1nn(-c2ccccc2)c(Cl)c1C(=O)OCC(=O)N(C)CCC#N. The molecule has 0 bridgehead atoms. The number of nitrogens with zero attached hydrogens (tertiary/aromatic N) is 4. The summed E-state index contributed by atoms with van der Waals surface area (Å²) in [5.41, 5.74) is 1.24. The van der Waals surface area contributed by atoms with Gasteiger partial charge in [-0.15, -0.1) is 0 Å². The van der Waals surface area contributed by atoms with Crippen LogP contribution in [0, 0.1) is 18.3 Å². The second-order valence-corrected chi connectivity index (χ2v) is 5.66. The van der Waals surface area contributed by atoms with E-state index in [0.29, 0.717) is 11.4 Å². The van der Waals surface area contributed by atoms with E-state index in [1.807, 2.05) is 24.3 Å². The zero-order valence-corrected chi connectivity index (χ0v) is 14.7. The summed E-state index contributed by atoms with van der Waals surface area (Å²) in [4.78, 5) is 25.5. The monoisotopic (exact) mass is 360 g/mol. The highest BCUT2D eigenvalue weighted by molar-refractivity contribution is 6.33. The third-order valence-electron chi connectivity index (χ3n) is 3.52. The van der Waals surface area contributed by atoms with Crippen molar-refractivity contribution in [1.82, 2.24) is 14.7 Å². The molecule has 2 aromatic rings. The van der Waals surface area contributed by atoms with E-state index in [2.05, 4.69) is 5.10 Å². The number of aryl methyl sites for hydroxylation is 1. The van der Waals surface area contributed by atoms with E-state index in [1.165, 1.54) is 9.58 Å². The number of ether oxygens (including phenoxy) is 1. The predicted octanol–water partition coefficient (Wildman–Crippen LogP) is 2.36. The predicted molar refractivity (Wildman–Crippen MR) is 91.5 cm³/mol. The standard InChI is InChI=1S/C17H17ClN4O3/c1-12-15(16(18)22(20-12)13-7-4-3-5-8-13)17(24)25-11-14(23)21(2)10-6-9-19/h3-5,7-8H,6,10-11H2,1-2H3. The molecular weight excluding hydrogens is 344 g/mol. The number of para-hydroxylation sites is 1. The number of aromatic nitrogens is 2. The van der Waals surface area contributed by atoms with Crippen molar-refractivity contribution in [3.63, 3.8) is 0 Å². The number of carbonyl (C=O) groups excluding carboxylic acids is 2. The molecule has 25 heavy (non-hydrogen) atoms. The van der Waals surface area contributed by atoms with Gasteiger partial charge >= 0.3 is 5.97 Å². The average Bonchev–Trinajstić information content (AvgIpc) is 2.92. The summed E-state index contributed by atoms with van der Waals surface area (Å²) < 4.78 is 6.49. The minimum absolute atomic E-state index is 0.123. The number of benzene rings is 1. The van der Waals surface area contributed by atoms with Gasteiger partial charge in [0.05, 0.1) is 23.9 Å². The maximum absolute atomic E-state index is 12.3. The van der Waals surface area contributed by atoms with Crippen LogP contribution in [0.25, 0.3) is 5.69 Å². The van der Waals surface area contributed by atoms with Crippen LogP contribution in [0.15, 0.2) is 30.3 Å². The molecule has 0 unspecified atom stereocenters. The van der Waals surface area contributed by atoms with Crippen LogP contribution in [0.5, 0.6) is 0 Å². The maximum atomic E-state index is 12.3. The van der Waals surface area contributed by atoms with Crippen LogP contribution in [0.1, 0.15) is 22.5 Å². The van der Waals surface area contributed by atoms with E-state index in [1.54, 1.807) is 26.1 Å². The van der Waals surface area contributed by atoms with E-state index in [-0.39, 0.29) is 23.7 Å². The van der Waals surface area contributed by atoms with Gasteiger partial charge in [0, 0.05) is 13.6 Å². The largest absolute Gasteiger partial charge is 0.452 e. The number of carbonyl (C=O) groups is 2. The lowest BCUT2D eigenvalue weighted by atomic mass is 10.2. The van der Waals surface area contributed by atoms with Gasteiger partial charge in [0.15, 0.2) is 6.61 Å². The van der Waals surface area contributed by atoms with Crippen molar-refractivity contribution >= 4 is 23.5 Å². The van der Waals surface area contributed by atoms with Gasteiger partial charge in [-0.2, -0.15) is 10.4 Å². The number of rotatable bonds is 6. The fraction of sp³-hybridized carbons (Fsp3) is 0.294. The first kappa shape index (κ1) is 18.5. The van der Waals surface area contributed by atoms with Crippen LogP contribution >= 0.6 is 11.6 Å². The molecule has 0 N–H and O–H groups in total. The molecule has 0 aliphatic heterocycles. The Kier molecular flexibility index (Phi) is 6.14. The lowest BCUT2D eigenvalue weighted by Crippen LogP contribution is -2.32. The van der Waals surface area contributed by atoms with E-state index >= 15 is 0 Å². The molecule has 1 aromatic heterocycles. The molecule has 1 amide bonds. The molecule has 0 aliphatic carbocycles. The Hall–Kier alpha value is -2.85. The third kappa shape index (κ3) is 4.37. The van der Waals surface area contributed by atoms with Gasteiger partial charge in [0.25, 0.3) is 5.91 Å². The third-order valence-corrected chi connectivity index (χ3v) is 3.87. The van der Waals surface area contributed by atoms with E-state index in [4.69, 9.17) is 21.6 Å². The lowest BCUT2D eigenvalue weighted by Gasteiger charge is -2.15. The van der Waals surface area contributed by atoms with Crippen molar-refractivity contribution < 1.29 is 14.3 Å². The number of esters is 1. The first-order chi connectivity index (χ1) is 12.0. The summed E-state index contributed by atoms with van der Waals surface area (Å²) in [6, 6.07) is 11.1. The number of halogens is 1. The van der Waals surface area contributed by atoms with Crippen molar-refractivity contribution in [2.75, 3.05) is 20.2 Å². The van der Waals surface area contributed by atoms with E-state index in [9.17, 15) is 9.59 Å². The molecule has 7 nitrogen and oxygen atoms in total. The zero-order valence-electron chi connectivity index (χ0n) is 13.9. The highest BCUT2D eigenvalue weighted by Gasteiger charge is 2.23. The van der Waals surface area contributed by atoms with Gasteiger partial charge in [0.2, 0.25) is 0 Å². The van der Waals surface area contributed by atoms with Gasteiger partial charge in [-0.25, -0.2) is 9.48 Å². The Balaban J connectivity index is 2.09. The number of hydrogen-bond acceptors (Lipinski definition) is 5. The number of nitriles is 1. The van der Waals surface area contributed by atoms with Gasteiger partial charge in [0.1, 0.15) is 10.7 Å². The Morgan fingerprint density at radius 2 is 2.04 bits per heavy atom. The normalized spacial score (nSPS) is 10.2. The van der Waals surface area contributed by atoms with Crippen LogP contribution < -0.4 is 0 Å². The molecule has 130 valence electrons. The quantitative estimate of drug-likeness (QED) is 0.738. The van der Waals surface area contributed by atoms with Gasteiger partial charge in [-0.3, -0.25) is 4.79 Å². The number of amides is 1. The van der Waals surface area contributed by atoms with E-state index < -0.39 is 18.5 Å². The molecule has 0 radical (unpaired) electrons. The summed E-state index contributed by atoms with van der Waals surface area (Å²) >= 11 is 6.27. The summed E-state index contributed by atoms with van der Waals surface area (Å²) in [6.45, 7) is 1.49. The molecule has 8 heteroatoms. The summed E-state index contributed by atoms with van der Waals surface area (Å²) in [7, 11) is 1.54. The van der Waals surface area contributed by atoms with Crippen molar-refractivity contribution in [2.24, 2.45) is 0 Å². The molecule has 2 rings (SSSR count). The number of likely N-dealkylation sites (N-methyl/N-ethyl adjacent to an activating group) is 1. The zero-order chi connectivity index (χ0) is 18.4. The van der Waals surface area contributed by atoms with Crippen molar-refractivity contribution in [3.05, 3.63) is 46.7 Å². The van der Waals surface area contributed by atoms with Crippen molar-refractivity contribution in [3.8, 4) is 11.8 Å². The summed E-state index contributed by atoms with van der Waals surface area (Å²) in [5.74, 6) is -1.11. The molecule has 1 aromatic carbocycles. The first-order valence-corrected chi connectivity index (χ1v) is 7.92. The smallest absolute Gasteiger partial charge is 0.343 e. The number of hydrogen-bond donors (Lipinski definition) is 0. The highest BCUT2D eigenvalue weighted by Crippen LogP contribution is 2.24. The molecule has 0 atom stereocenters. The lowest BCUT2D eigenvalue weighted by molar-refractivity contribution is -0.133. The maximum Gasteiger partial charge on any atom is 0.343 e. The van der Waals surface area contributed by atoms with Gasteiger partial charge < -0.3 is 9.64 Å². The van der Waals surface area contributed by atoms with Crippen molar-refractivity contribution in [1.29, 1.82) is 5.26 Å². The van der Waals surface area contributed by atoms with Crippen LogP contribution in [0.2, 0.25) is 5.15 Å². The minimum Gasteiger partial charge on any atom is -0.452 e. The van der Waals surface area contributed by atoms with Crippen LogP contribution in [0.4, 0.5) is 0 Å². The van der Waals surface area contributed by atoms with Gasteiger partial charge in [-0.1, -0.05) is 29.8 Å². The van der Waals surface area contributed by atoms with Crippen molar-refractivity contribution in [2.45, 2.75) is 13.3 Å². The Morgan fingerprint density at radius 1 is 1.36 bits per heavy atom.